The number of hydrogen-bond acceptors (Lipinski definition) is 7. The number of carbonyl (C=O) groups is 5. The minimum absolute atomic E-state index is 0.0914. The van der Waals surface area contributed by atoms with Crippen LogP contribution in [0.2, 0.25) is 0 Å². The summed E-state index contributed by atoms with van der Waals surface area (Å²) >= 11 is 0. The van der Waals surface area contributed by atoms with E-state index in [0.29, 0.717) is 0 Å². The van der Waals surface area contributed by atoms with Crippen molar-refractivity contribution in [3.63, 3.8) is 0 Å². The second-order valence-corrected chi connectivity index (χ2v) is 5.10. The van der Waals surface area contributed by atoms with Gasteiger partial charge in [0.15, 0.2) is 5.78 Å². The Balaban J connectivity index is 3.13. The maximum Gasteiger partial charge on any atom is 0.335 e. The van der Waals surface area contributed by atoms with Crippen molar-refractivity contribution in [2.24, 2.45) is 0 Å². The number of esters is 2. The molecule has 134 valence electrons. The molecule has 0 aromatic rings. The molecule has 9 nitrogen and oxygen atoms in total. The van der Waals surface area contributed by atoms with Gasteiger partial charge >= 0.3 is 23.9 Å². The van der Waals surface area contributed by atoms with E-state index in [4.69, 9.17) is 9.47 Å². The molecule has 1 aliphatic heterocycles. The van der Waals surface area contributed by atoms with Gasteiger partial charge in [-0.3, -0.25) is 4.79 Å². The van der Waals surface area contributed by atoms with Gasteiger partial charge in [0.05, 0.1) is 24.2 Å². The third-order valence-corrected chi connectivity index (χ3v) is 3.12. The molecule has 0 aromatic carbocycles. The minimum Gasteiger partial charge on any atom is -0.478 e. The van der Waals surface area contributed by atoms with E-state index in [0.717, 1.165) is 12.2 Å². The molecule has 0 aliphatic carbocycles. The fraction of sp³-hybridized carbons (Fsp3) is 0.312. The molecule has 0 fully saturated rings. The number of ketones is 1. The molecule has 2 N–H and O–H groups in total. The lowest BCUT2D eigenvalue weighted by atomic mass is 9.97. The first-order chi connectivity index (χ1) is 11.6. The first-order valence-electron chi connectivity index (χ1n) is 7.07. The largest absolute Gasteiger partial charge is 0.478 e. The van der Waals surface area contributed by atoms with Crippen molar-refractivity contribution in [2.75, 3.05) is 6.61 Å². The maximum atomic E-state index is 11.6. The van der Waals surface area contributed by atoms with Crippen molar-refractivity contribution in [1.82, 2.24) is 0 Å². The Hall–Kier alpha value is -3.23. The van der Waals surface area contributed by atoms with Crippen LogP contribution < -0.4 is 0 Å². The zero-order valence-corrected chi connectivity index (χ0v) is 13.3. The molecule has 0 spiro atoms. The summed E-state index contributed by atoms with van der Waals surface area (Å²) in [4.78, 5) is 57.3. The lowest BCUT2D eigenvalue weighted by Gasteiger charge is -2.18. The first-order valence-corrected chi connectivity index (χ1v) is 7.07. The quantitative estimate of drug-likeness (QED) is 0.491. The van der Waals surface area contributed by atoms with Crippen LogP contribution in [0.5, 0.6) is 0 Å². The predicted molar refractivity (Wildman–Crippen MR) is 81.3 cm³/mol. The Labute approximate surface area is 142 Å². The number of ether oxygens (including phenoxy) is 2. The third-order valence-electron chi connectivity index (χ3n) is 3.12. The topological polar surface area (TPSA) is 144 Å². The van der Waals surface area contributed by atoms with Crippen molar-refractivity contribution in [2.45, 2.75) is 25.9 Å². The maximum absolute atomic E-state index is 11.6. The highest BCUT2D eigenvalue weighted by Gasteiger charge is 2.33. The molecular formula is C16H16O9. The highest BCUT2D eigenvalue weighted by molar-refractivity contribution is 6.03. The zero-order chi connectivity index (χ0) is 19.1. The molecule has 0 bridgehead atoms. The van der Waals surface area contributed by atoms with Crippen LogP contribution in [0, 0.1) is 0 Å². The molecule has 0 radical (unpaired) electrons. The number of aliphatic carboxylic acids is 2. The summed E-state index contributed by atoms with van der Waals surface area (Å²) in [5.41, 5.74) is -1.28. The summed E-state index contributed by atoms with van der Waals surface area (Å²) < 4.78 is 9.58. The number of hydrogen-bond donors (Lipinski definition) is 2. The summed E-state index contributed by atoms with van der Waals surface area (Å²) in [6, 6.07) is 0. The monoisotopic (exact) mass is 352 g/mol. The van der Waals surface area contributed by atoms with Gasteiger partial charge < -0.3 is 19.7 Å². The van der Waals surface area contributed by atoms with Gasteiger partial charge in [0.25, 0.3) is 0 Å². The molecule has 1 aliphatic rings. The summed E-state index contributed by atoms with van der Waals surface area (Å²) in [6.45, 7) is 4.32. The van der Waals surface area contributed by atoms with E-state index in [2.05, 4.69) is 6.58 Å². The van der Waals surface area contributed by atoms with E-state index < -0.39 is 66.4 Å². The molecule has 1 heterocycles. The lowest BCUT2D eigenvalue weighted by molar-refractivity contribution is -0.144. The van der Waals surface area contributed by atoms with Gasteiger partial charge in [-0.1, -0.05) is 6.58 Å². The SMILES string of the molecule is C=C(C)C(=O)OCCC(C(=O)O)=C(C(=O)O)C1CC(=O)C=CC(=O)O1. The van der Waals surface area contributed by atoms with E-state index in [1.165, 1.54) is 6.92 Å². The molecule has 1 rings (SSSR count). The van der Waals surface area contributed by atoms with Gasteiger partial charge in [0, 0.05) is 18.1 Å². The van der Waals surface area contributed by atoms with Gasteiger partial charge in [-0.2, -0.15) is 0 Å². The first kappa shape index (κ1) is 19.8. The number of carboxylic acids is 2. The highest BCUT2D eigenvalue weighted by Crippen LogP contribution is 2.22. The molecule has 25 heavy (non-hydrogen) atoms. The van der Waals surface area contributed by atoms with Crippen LogP contribution in [-0.4, -0.2) is 52.6 Å². The van der Waals surface area contributed by atoms with E-state index in [9.17, 15) is 34.2 Å². The van der Waals surface area contributed by atoms with E-state index in [-0.39, 0.29) is 5.57 Å². The fourth-order valence-electron chi connectivity index (χ4n) is 1.98. The molecular weight excluding hydrogens is 336 g/mol. The van der Waals surface area contributed by atoms with Crippen LogP contribution in [0.3, 0.4) is 0 Å². The molecule has 0 saturated carbocycles. The third kappa shape index (κ3) is 5.72. The summed E-state index contributed by atoms with van der Waals surface area (Å²) in [5.74, 6) is -5.57. The van der Waals surface area contributed by atoms with Crippen molar-refractivity contribution >= 4 is 29.7 Å². The lowest BCUT2D eigenvalue weighted by Crippen LogP contribution is -2.28. The van der Waals surface area contributed by atoms with Crippen molar-refractivity contribution in [1.29, 1.82) is 0 Å². The van der Waals surface area contributed by atoms with Crippen LogP contribution >= 0.6 is 0 Å². The Kier molecular flexibility index (Phi) is 6.80. The Morgan fingerprint density at radius 2 is 1.88 bits per heavy atom. The van der Waals surface area contributed by atoms with Crippen molar-refractivity contribution in [3.05, 3.63) is 35.5 Å². The molecule has 0 saturated heterocycles. The van der Waals surface area contributed by atoms with Gasteiger partial charge in [-0.05, 0) is 13.0 Å². The van der Waals surface area contributed by atoms with Crippen LogP contribution in [0.1, 0.15) is 19.8 Å². The van der Waals surface area contributed by atoms with Gasteiger partial charge in [0.1, 0.15) is 6.10 Å². The summed E-state index contributed by atoms with van der Waals surface area (Å²) in [6.07, 6.45) is -0.763. The molecule has 0 aromatic heterocycles. The van der Waals surface area contributed by atoms with E-state index >= 15 is 0 Å². The number of cyclic esters (lactones) is 1. The van der Waals surface area contributed by atoms with Gasteiger partial charge in [-0.25, -0.2) is 19.2 Å². The van der Waals surface area contributed by atoms with Crippen molar-refractivity contribution < 1.29 is 43.7 Å². The zero-order valence-electron chi connectivity index (χ0n) is 13.3. The molecule has 0 amide bonds. The summed E-state index contributed by atoms with van der Waals surface area (Å²) in [5, 5.41) is 18.6. The Morgan fingerprint density at radius 1 is 1.24 bits per heavy atom. The molecule has 1 unspecified atom stereocenters. The second-order valence-electron chi connectivity index (χ2n) is 5.10. The van der Waals surface area contributed by atoms with Crippen molar-refractivity contribution in [3.8, 4) is 0 Å². The van der Waals surface area contributed by atoms with E-state index in [1.54, 1.807) is 0 Å². The molecule has 9 heteroatoms. The second kappa shape index (κ2) is 8.57. The average molecular weight is 352 g/mol. The summed E-state index contributed by atoms with van der Waals surface area (Å²) in [7, 11) is 0. The smallest absolute Gasteiger partial charge is 0.335 e. The van der Waals surface area contributed by atoms with Gasteiger partial charge in [-0.15, -0.1) is 0 Å². The van der Waals surface area contributed by atoms with Crippen LogP contribution in [0.15, 0.2) is 35.5 Å². The fourth-order valence-corrected chi connectivity index (χ4v) is 1.98. The van der Waals surface area contributed by atoms with Crippen LogP contribution in [-0.2, 0) is 33.4 Å². The molecule has 1 atom stereocenters. The number of carbonyl (C=O) groups excluding carboxylic acids is 3. The highest BCUT2D eigenvalue weighted by atomic mass is 16.5. The van der Waals surface area contributed by atoms with E-state index in [1.807, 2.05) is 0 Å². The minimum atomic E-state index is -1.66. The van der Waals surface area contributed by atoms with Crippen LogP contribution in [0.4, 0.5) is 0 Å². The Morgan fingerprint density at radius 3 is 2.40 bits per heavy atom. The Bertz CT molecular complexity index is 676. The standard InChI is InChI=1S/C16H16O9/c1-8(2)16(23)24-6-5-10(14(19)20)13(15(21)22)11-7-9(17)3-4-12(18)25-11/h3-4,11H,1,5-7H2,2H3,(H,19,20)(H,21,22). The number of carboxylic acid groups (broad SMARTS) is 2. The van der Waals surface area contributed by atoms with Gasteiger partial charge in [0.2, 0.25) is 0 Å². The number of rotatable bonds is 7. The predicted octanol–water partition coefficient (Wildman–Crippen LogP) is 0.402. The number of allylic oxidation sites excluding steroid dienone is 1. The average Bonchev–Trinajstić information content (AvgIpc) is 2.66. The van der Waals surface area contributed by atoms with Crippen LogP contribution in [0.25, 0.3) is 0 Å². The normalized spacial score (nSPS) is 17.9.